The van der Waals surface area contributed by atoms with Gasteiger partial charge in [0.15, 0.2) is 0 Å². The first-order valence-electron chi connectivity index (χ1n) is 5.85. The molecule has 0 amide bonds. The van der Waals surface area contributed by atoms with Gasteiger partial charge in [-0.15, -0.1) is 0 Å². The van der Waals surface area contributed by atoms with Crippen molar-refractivity contribution >= 4 is 38.8 Å². The zero-order valence-electron chi connectivity index (χ0n) is 10.1. The Kier molecular flexibility index (Phi) is 3.73. The van der Waals surface area contributed by atoms with E-state index in [9.17, 15) is 0 Å². The topological polar surface area (TPSA) is 29.3 Å². The first kappa shape index (κ1) is 12.8. The van der Waals surface area contributed by atoms with Crippen molar-refractivity contribution in [1.29, 1.82) is 0 Å². The van der Waals surface area contributed by atoms with Gasteiger partial charge in [-0.25, -0.2) is 0 Å². The second-order valence-corrected chi connectivity index (χ2v) is 6.13. The molecule has 0 radical (unpaired) electrons. The van der Waals surface area contributed by atoms with E-state index < -0.39 is 0 Å². The summed E-state index contributed by atoms with van der Waals surface area (Å²) in [6.07, 6.45) is 1.23. The summed E-state index contributed by atoms with van der Waals surface area (Å²) in [6, 6.07) is 6.68. The highest BCUT2D eigenvalue weighted by Gasteiger charge is 2.28. The van der Waals surface area contributed by atoms with Gasteiger partial charge < -0.3 is 10.6 Å². The van der Waals surface area contributed by atoms with Crippen molar-refractivity contribution in [2.45, 2.75) is 26.3 Å². The number of hydrogen-bond acceptors (Lipinski definition) is 2. The Balaban J connectivity index is 2.45. The van der Waals surface area contributed by atoms with Gasteiger partial charge in [0.2, 0.25) is 0 Å². The molecule has 0 aliphatic carbocycles. The quantitative estimate of drug-likeness (QED) is 0.849. The van der Waals surface area contributed by atoms with E-state index in [0.717, 1.165) is 28.2 Å². The molecule has 1 aliphatic rings. The number of halogens is 1. The normalized spacial score (nSPS) is 24.1. The largest absolute Gasteiger partial charge is 0.389 e. The Bertz CT molecular complexity index is 447. The molecule has 2 unspecified atom stereocenters. The third-order valence-electron chi connectivity index (χ3n) is 3.33. The van der Waals surface area contributed by atoms with E-state index >= 15 is 0 Å². The lowest BCUT2D eigenvalue weighted by atomic mass is 10.1. The molecule has 0 saturated carbocycles. The van der Waals surface area contributed by atoms with Crippen LogP contribution in [0.3, 0.4) is 0 Å². The van der Waals surface area contributed by atoms with Crippen LogP contribution in [0.1, 0.15) is 25.8 Å². The molecule has 1 aromatic carbocycles. The van der Waals surface area contributed by atoms with Gasteiger partial charge in [-0.1, -0.05) is 25.2 Å². The van der Waals surface area contributed by atoms with E-state index in [1.165, 1.54) is 6.42 Å². The van der Waals surface area contributed by atoms with E-state index in [-0.39, 0.29) is 0 Å². The molecular weight excluding hydrogens is 296 g/mol. The summed E-state index contributed by atoms with van der Waals surface area (Å²) in [4.78, 5) is 2.86. The minimum atomic E-state index is 0.458. The van der Waals surface area contributed by atoms with Crippen molar-refractivity contribution in [3.05, 3.63) is 28.2 Å². The molecule has 1 heterocycles. The molecule has 0 spiro atoms. The second kappa shape index (κ2) is 4.94. The summed E-state index contributed by atoms with van der Waals surface area (Å²) >= 11 is 8.70. The van der Waals surface area contributed by atoms with Crippen molar-refractivity contribution in [3.63, 3.8) is 0 Å². The van der Waals surface area contributed by atoms with E-state index in [2.05, 4.69) is 40.7 Å². The molecule has 2 rings (SSSR count). The molecule has 1 aliphatic heterocycles. The van der Waals surface area contributed by atoms with E-state index in [4.69, 9.17) is 18.0 Å². The predicted molar refractivity (Wildman–Crippen MR) is 80.6 cm³/mol. The molecule has 2 N–H and O–H groups in total. The molecule has 2 atom stereocenters. The number of hydrogen-bond donors (Lipinski definition) is 1. The Morgan fingerprint density at radius 3 is 2.71 bits per heavy atom. The average molecular weight is 313 g/mol. The van der Waals surface area contributed by atoms with Crippen LogP contribution in [0.5, 0.6) is 0 Å². The van der Waals surface area contributed by atoms with Crippen molar-refractivity contribution < 1.29 is 0 Å². The third kappa shape index (κ3) is 2.47. The van der Waals surface area contributed by atoms with Gasteiger partial charge in [0.1, 0.15) is 4.99 Å². The minimum absolute atomic E-state index is 0.458. The number of nitrogens with zero attached hydrogens (tertiary/aromatic N) is 1. The Morgan fingerprint density at radius 2 is 2.18 bits per heavy atom. The molecule has 17 heavy (non-hydrogen) atoms. The maximum absolute atomic E-state index is 5.84. The van der Waals surface area contributed by atoms with Crippen LogP contribution in [-0.2, 0) is 0 Å². The number of nitrogens with two attached hydrogens (primary N) is 1. The maximum atomic E-state index is 5.84. The molecule has 2 nitrogen and oxygen atoms in total. The zero-order chi connectivity index (χ0) is 12.6. The zero-order valence-corrected chi connectivity index (χ0v) is 12.5. The average Bonchev–Trinajstić information content (AvgIpc) is 2.56. The summed E-state index contributed by atoms with van der Waals surface area (Å²) in [5, 5.41) is 0. The monoisotopic (exact) mass is 312 g/mol. The third-order valence-corrected chi connectivity index (χ3v) is 4.20. The van der Waals surface area contributed by atoms with Gasteiger partial charge in [-0.05, 0) is 47.3 Å². The van der Waals surface area contributed by atoms with Crippen LogP contribution in [0.2, 0.25) is 0 Å². The van der Waals surface area contributed by atoms with Crippen LogP contribution in [-0.4, -0.2) is 17.6 Å². The summed E-state index contributed by atoms with van der Waals surface area (Å²) in [7, 11) is 0. The highest BCUT2D eigenvalue weighted by atomic mass is 79.9. The predicted octanol–water partition coefficient (Wildman–Crippen LogP) is 3.32. The molecule has 0 aromatic heterocycles. The standard InChI is InChI=1S/C13H17BrN2S/c1-8-6-9(2)16(7-8)11-5-3-4-10(14)12(11)13(15)17/h3-5,8-9H,6-7H2,1-2H3,(H2,15,17). The Morgan fingerprint density at radius 1 is 1.47 bits per heavy atom. The molecule has 0 bridgehead atoms. The highest BCUT2D eigenvalue weighted by Crippen LogP contribution is 2.34. The van der Waals surface area contributed by atoms with Gasteiger partial charge in [0.05, 0.1) is 0 Å². The molecule has 1 aromatic rings. The number of benzene rings is 1. The fraction of sp³-hybridized carbons (Fsp3) is 0.462. The van der Waals surface area contributed by atoms with Crippen molar-refractivity contribution in [2.75, 3.05) is 11.4 Å². The SMILES string of the molecule is CC1CC(C)N(c2cccc(Br)c2C(N)=S)C1. The Hall–Kier alpha value is -0.610. The molecule has 92 valence electrons. The highest BCUT2D eigenvalue weighted by molar-refractivity contribution is 9.10. The van der Waals surface area contributed by atoms with Crippen molar-refractivity contribution in [2.24, 2.45) is 11.7 Å². The van der Waals surface area contributed by atoms with Gasteiger partial charge >= 0.3 is 0 Å². The molecule has 4 heteroatoms. The van der Waals surface area contributed by atoms with Crippen LogP contribution in [0.15, 0.2) is 22.7 Å². The molecule has 1 saturated heterocycles. The van der Waals surface area contributed by atoms with Gasteiger partial charge in [-0.2, -0.15) is 0 Å². The van der Waals surface area contributed by atoms with Crippen LogP contribution >= 0.6 is 28.1 Å². The number of thiocarbonyl (C=S) groups is 1. The van der Waals surface area contributed by atoms with Crippen LogP contribution < -0.4 is 10.6 Å². The molecular formula is C13H17BrN2S. The minimum Gasteiger partial charge on any atom is -0.389 e. The van der Waals surface area contributed by atoms with Crippen LogP contribution in [0, 0.1) is 5.92 Å². The maximum Gasteiger partial charge on any atom is 0.107 e. The smallest absolute Gasteiger partial charge is 0.107 e. The second-order valence-electron chi connectivity index (χ2n) is 4.84. The Labute approximate surface area is 116 Å². The van der Waals surface area contributed by atoms with E-state index in [1.807, 2.05) is 12.1 Å². The van der Waals surface area contributed by atoms with Gasteiger partial charge in [-0.3, -0.25) is 0 Å². The number of anilines is 1. The van der Waals surface area contributed by atoms with Crippen LogP contribution in [0.25, 0.3) is 0 Å². The lowest BCUT2D eigenvalue weighted by molar-refractivity contribution is 0.625. The van der Waals surface area contributed by atoms with Crippen molar-refractivity contribution in [1.82, 2.24) is 0 Å². The number of rotatable bonds is 2. The lowest BCUT2D eigenvalue weighted by Gasteiger charge is -2.26. The summed E-state index contributed by atoms with van der Waals surface area (Å²) in [5.74, 6) is 0.725. The fourth-order valence-corrected chi connectivity index (χ4v) is 3.55. The fourth-order valence-electron chi connectivity index (χ4n) is 2.63. The summed E-state index contributed by atoms with van der Waals surface area (Å²) < 4.78 is 0.981. The van der Waals surface area contributed by atoms with Gasteiger partial charge in [0.25, 0.3) is 0 Å². The summed E-state index contributed by atoms with van der Waals surface area (Å²) in [5.41, 5.74) is 7.96. The van der Waals surface area contributed by atoms with Crippen LogP contribution in [0.4, 0.5) is 5.69 Å². The lowest BCUT2D eigenvalue weighted by Crippen LogP contribution is -2.29. The van der Waals surface area contributed by atoms with E-state index in [0.29, 0.717) is 11.0 Å². The van der Waals surface area contributed by atoms with Gasteiger partial charge in [0, 0.05) is 28.3 Å². The first-order valence-corrected chi connectivity index (χ1v) is 7.05. The van der Waals surface area contributed by atoms with E-state index in [1.54, 1.807) is 0 Å². The first-order chi connectivity index (χ1) is 8.00. The van der Waals surface area contributed by atoms with Crippen molar-refractivity contribution in [3.8, 4) is 0 Å². The molecule has 1 fully saturated rings. The summed E-state index contributed by atoms with van der Waals surface area (Å²) in [6.45, 7) is 5.62.